The number of phenolic OH excluding ortho intramolecular Hbond substituents is 1. The Kier molecular flexibility index (Phi) is 10.3. The van der Waals surface area contributed by atoms with Crippen molar-refractivity contribution in [3.05, 3.63) is 100 Å². The van der Waals surface area contributed by atoms with Crippen LogP contribution in [0.25, 0.3) is 0 Å². The van der Waals surface area contributed by atoms with Crippen molar-refractivity contribution in [2.75, 3.05) is 20.3 Å². The Morgan fingerprint density at radius 1 is 1.00 bits per heavy atom. The van der Waals surface area contributed by atoms with Gasteiger partial charge in [0.15, 0.2) is 0 Å². The van der Waals surface area contributed by atoms with Crippen molar-refractivity contribution in [2.24, 2.45) is 0 Å². The molecule has 0 bridgehead atoms. The van der Waals surface area contributed by atoms with E-state index in [9.17, 15) is 19.1 Å². The summed E-state index contributed by atoms with van der Waals surface area (Å²) in [6.07, 6.45) is 1.14. The molecule has 2 N–H and O–H groups in total. The van der Waals surface area contributed by atoms with Gasteiger partial charge in [0.2, 0.25) is 11.8 Å². The van der Waals surface area contributed by atoms with E-state index in [1.807, 2.05) is 12.1 Å². The number of amides is 2. The zero-order valence-corrected chi connectivity index (χ0v) is 20.9. The second-order valence-corrected chi connectivity index (χ2v) is 8.83. The molecule has 0 aliphatic carbocycles. The number of methoxy groups -OCH3 is 1. The Balaban J connectivity index is 1.83. The molecule has 6 nitrogen and oxygen atoms in total. The van der Waals surface area contributed by atoms with Crippen LogP contribution in [0.1, 0.15) is 35.6 Å². The highest BCUT2D eigenvalue weighted by atomic mass is 35.5. The highest BCUT2D eigenvalue weighted by Gasteiger charge is 2.31. The number of halogens is 2. The number of nitrogens with one attached hydrogen (secondary N) is 1. The lowest BCUT2D eigenvalue weighted by molar-refractivity contribution is -0.141. The Morgan fingerprint density at radius 3 is 2.28 bits per heavy atom. The van der Waals surface area contributed by atoms with Crippen LogP contribution >= 0.6 is 11.6 Å². The highest BCUT2D eigenvalue weighted by Crippen LogP contribution is 2.24. The van der Waals surface area contributed by atoms with Crippen LogP contribution in [-0.2, 0) is 27.3 Å². The van der Waals surface area contributed by atoms with E-state index in [1.165, 1.54) is 29.2 Å². The van der Waals surface area contributed by atoms with Crippen molar-refractivity contribution in [1.82, 2.24) is 10.2 Å². The molecule has 0 saturated carbocycles. The minimum Gasteiger partial charge on any atom is -0.508 e. The summed E-state index contributed by atoms with van der Waals surface area (Å²) in [5.41, 5.74) is 2.26. The minimum absolute atomic E-state index is 0.153. The van der Waals surface area contributed by atoms with E-state index in [-0.39, 0.29) is 30.5 Å². The Labute approximate surface area is 215 Å². The number of rotatable bonds is 12. The number of aryl methyl sites for hydroxylation is 1. The normalized spacial score (nSPS) is 11.6. The van der Waals surface area contributed by atoms with Gasteiger partial charge >= 0.3 is 0 Å². The molecule has 0 aliphatic heterocycles. The van der Waals surface area contributed by atoms with Crippen LogP contribution in [0.4, 0.5) is 4.39 Å². The fourth-order valence-electron chi connectivity index (χ4n) is 3.84. The fraction of sp³-hybridized carbons (Fsp3) is 0.286. The lowest BCUT2D eigenvalue weighted by Gasteiger charge is -2.31. The number of hydrogen-bond donors (Lipinski definition) is 2. The van der Waals surface area contributed by atoms with Crippen LogP contribution in [0.5, 0.6) is 5.75 Å². The Morgan fingerprint density at radius 2 is 1.64 bits per heavy atom. The van der Waals surface area contributed by atoms with Gasteiger partial charge in [-0.1, -0.05) is 48.0 Å². The largest absolute Gasteiger partial charge is 0.508 e. The average molecular weight is 513 g/mol. The molecule has 0 spiro atoms. The van der Waals surface area contributed by atoms with Crippen LogP contribution in [0.15, 0.2) is 72.8 Å². The van der Waals surface area contributed by atoms with E-state index in [2.05, 4.69) is 5.32 Å². The zero-order chi connectivity index (χ0) is 25.9. The lowest BCUT2D eigenvalue weighted by atomic mass is 10.0. The van der Waals surface area contributed by atoms with Gasteiger partial charge in [0.05, 0.1) is 0 Å². The summed E-state index contributed by atoms with van der Waals surface area (Å²) in [5.74, 6) is -0.856. The molecule has 3 aromatic rings. The van der Waals surface area contributed by atoms with E-state index in [4.69, 9.17) is 16.3 Å². The first-order chi connectivity index (χ1) is 17.4. The summed E-state index contributed by atoms with van der Waals surface area (Å²) in [4.78, 5) is 28.4. The Bertz CT molecular complexity index is 1120. The number of hydrogen-bond acceptors (Lipinski definition) is 4. The summed E-state index contributed by atoms with van der Waals surface area (Å²) >= 11 is 5.95. The van der Waals surface area contributed by atoms with E-state index >= 15 is 0 Å². The van der Waals surface area contributed by atoms with Crippen molar-refractivity contribution >= 4 is 23.4 Å². The number of benzene rings is 3. The molecule has 0 radical (unpaired) electrons. The van der Waals surface area contributed by atoms with Gasteiger partial charge in [0.25, 0.3) is 0 Å². The third-order valence-corrected chi connectivity index (χ3v) is 6.01. The monoisotopic (exact) mass is 512 g/mol. The van der Waals surface area contributed by atoms with Crippen molar-refractivity contribution in [3.63, 3.8) is 0 Å². The first-order valence-corrected chi connectivity index (χ1v) is 12.1. The van der Waals surface area contributed by atoms with Crippen LogP contribution in [-0.4, -0.2) is 42.1 Å². The number of carbonyl (C=O) groups excluding carboxylic acids is 2. The lowest BCUT2D eigenvalue weighted by Crippen LogP contribution is -2.44. The molecule has 0 aliphatic rings. The topological polar surface area (TPSA) is 78.9 Å². The quantitative estimate of drug-likeness (QED) is 0.333. The van der Waals surface area contributed by atoms with Gasteiger partial charge in [-0.2, -0.15) is 0 Å². The number of aromatic hydroxyl groups is 1. The van der Waals surface area contributed by atoms with Gasteiger partial charge < -0.3 is 20.1 Å². The molecule has 0 aromatic heterocycles. The van der Waals surface area contributed by atoms with Crippen LogP contribution in [0.3, 0.4) is 0 Å². The molecule has 8 heteroatoms. The standard InChI is InChI=1S/C28H30ClFN2O4/c1-36-18-2-17-32(26(34)16-7-20-5-14-25(33)15-6-20)27(22-8-12-24(30)13-9-22)28(35)31-19-21-3-10-23(29)11-4-21/h3-6,8-15,27,33H,2,7,16-19H2,1H3,(H,31,35). The molecule has 1 unspecified atom stereocenters. The molecule has 190 valence electrons. The third kappa shape index (κ3) is 8.07. The average Bonchev–Trinajstić information content (AvgIpc) is 2.88. The molecule has 0 heterocycles. The maximum atomic E-state index is 13.7. The summed E-state index contributed by atoms with van der Waals surface area (Å²) in [7, 11) is 1.58. The molecule has 3 rings (SSSR count). The van der Waals surface area contributed by atoms with Gasteiger partial charge in [0, 0.05) is 38.2 Å². The summed E-state index contributed by atoms with van der Waals surface area (Å²) in [6.45, 7) is 0.963. The predicted octanol–water partition coefficient (Wildman–Crippen LogP) is 5.04. The number of phenols is 1. The van der Waals surface area contributed by atoms with E-state index in [0.29, 0.717) is 36.6 Å². The second-order valence-electron chi connectivity index (χ2n) is 8.40. The first-order valence-electron chi connectivity index (χ1n) is 11.7. The van der Waals surface area contributed by atoms with Crippen molar-refractivity contribution in [1.29, 1.82) is 0 Å². The van der Waals surface area contributed by atoms with Gasteiger partial charge in [0.1, 0.15) is 17.6 Å². The van der Waals surface area contributed by atoms with E-state index < -0.39 is 11.9 Å². The van der Waals surface area contributed by atoms with Gasteiger partial charge in [-0.25, -0.2) is 4.39 Å². The van der Waals surface area contributed by atoms with Gasteiger partial charge in [-0.15, -0.1) is 0 Å². The number of carbonyl (C=O) groups is 2. The van der Waals surface area contributed by atoms with Crippen LogP contribution < -0.4 is 5.32 Å². The van der Waals surface area contributed by atoms with Crippen molar-refractivity contribution in [2.45, 2.75) is 31.8 Å². The van der Waals surface area contributed by atoms with Crippen molar-refractivity contribution < 1.29 is 23.8 Å². The maximum Gasteiger partial charge on any atom is 0.247 e. The molecular formula is C28H30ClFN2O4. The van der Waals surface area contributed by atoms with E-state index in [1.54, 1.807) is 43.5 Å². The summed E-state index contributed by atoms with van der Waals surface area (Å²) < 4.78 is 18.8. The zero-order valence-electron chi connectivity index (χ0n) is 20.1. The Hall–Kier alpha value is -3.42. The SMILES string of the molecule is COCCCN(C(=O)CCc1ccc(O)cc1)C(C(=O)NCc1ccc(Cl)cc1)c1ccc(F)cc1. The van der Waals surface area contributed by atoms with Gasteiger partial charge in [-0.05, 0) is 65.9 Å². The predicted molar refractivity (Wildman–Crippen MR) is 137 cm³/mol. The van der Waals surface area contributed by atoms with Gasteiger partial charge in [-0.3, -0.25) is 9.59 Å². The van der Waals surface area contributed by atoms with E-state index in [0.717, 1.165) is 11.1 Å². The fourth-order valence-corrected chi connectivity index (χ4v) is 3.97. The molecule has 0 fully saturated rings. The molecule has 2 amide bonds. The molecular weight excluding hydrogens is 483 g/mol. The first kappa shape index (κ1) is 27.2. The molecule has 0 saturated heterocycles. The van der Waals surface area contributed by atoms with Crippen LogP contribution in [0.2, 0.25) is 5.02 Å². The number of ether oxygens (including phenoxy) is 1. The van der Waals surface area contributed by atoms with Crippen LogP contribution in [0, 0.1) is 5.82 Å². The second kappa shape index (κ2) is 13.6. The summed E-state index contributed by atoms with van der Waals surface area (Å²) in [6, 6.07) is 18.4. The minimum atomic E-state index is -0.943. The van der Waals surface area contributed by atoms with Crippen molar-refractivity contribution in [3.8, 4) is 5.75 Å². The molecule has 3 aromatic carbocycles. The molecule has 1 atom stereocenters. The summed E-state index contributed by atoms with van der Waals surface area (Å²) in [5, 5.41) is 13.0. The number of nitrogens with zero attached hydrogens (tertiary/aromatic N) is 1. The molecule has 36 heavy (non-hydrogen) atoms. The third-order valence-electron chi connectivity index (χ3n) is 5.76. The smallest absolute Gasteiger partial charge is 0.247 e. The maximum absolute atomic E-state index is 13.7. The highest BCUT2D eigenvalue weighted by molar-refractivity contribution is 6.30.